The lowest BCUT2D eigenvalue weighted by molar-refractivity contribution is -0.125. The van der Waals surface area contributed by atoms with E-state index in [4.69, 9.17) is 0 Å². The van der Waals surface area contributed by atoms with Crippen LogP contribution in [0.25, 0.3) is 0 Å². The fourth-order valence-electron chi connectivity index (χ4n) is 2.63. The van der Waals surface area contributed by atoms with Crippen LogP contribution in [-0.4, -0.2) is 17.3 Å². The first-order valence-corrected chi connectivity index (χ1v) is 7.50. The lowest BCUT2D eigenvalue weighted by atomic mass is 9.89. The summed E-state index contributed by atoms with van der Waals surface area (Å²) in [5.41, 5.74) is 0. The Bertz CT molecular complexity index is 252. The van der Waals surface area contributed by atoms with E-state index in [0.29, 0.717) is 16.7 Å². The topological polar surface area (TPSA) is 29.1 Å². The van der Waals surface area contributed by atoms with Gasteiger partial charge in [-0.05, 0) is 43.9 Å². The molecule has 0 aromatic rings. The summed E-state index contributed by atoms with van der Waals surface area (Å²) in [6, 6.07) is 0. The molecule has 0 saturated heterocycles. The van der Waals surface area contributed by atoms with Crippen LogP contribution in [0, 0.1) is 17.8 Å². The number of carbonyl (C=O) groups is 1. The molecule has 0 heterocycles. The maximum Gasteiger partial charge on any atom is 0.223 e. The lowest BCUT2D eigenvalue weighted by Gasteiger charge is -2.26. The molecule has 2 rings (SSSR count). The number of hydrogen-bond acceptors (Lipinski definition) is 1. The van der Waals surface area contributed by atoms with Crippen molar-refractivity contribution in [2.45, 2.75) is 50.3 Å². The van der Waals surface area contributed by atoms with Gasteiger partial charge in [0.1, 0.15) is 0 Å². The monoisotopic (exact) mass is 287 g/mol. The van der Waals surface area contributed by atoms with Crippen molar-refractivity contribution in [1.82, 2.24) is 5.32 Å². The molecule has 3 unspecified atom stereocenters. The van der Waals surface area contributed by atoms with Crippen LogP contribution in [0.15, 0.2) is 0 Å². The van der Waals surface area contributed by atoms with Crippen LogP contribution in [-0.2, 0) is 4.79 Å². The molecule has 0 aromatic heterocycles. The SMILES string of the molecule is CC(C(=O)NCC1CCCC(Br)C1)C1CC1. The van der Waals surface area contributed by atoms with Gasteiger partial charge in [0.2, 0.25) is 5.91 Å². The quantitative estimate of drug-likeness (QED) is 0.791. The van der Waals surface area contributed by atoms with E-state index in [-0.39, 0.29) is 11.8 Å². The molecule has 1 amide bonds. The van der Waals surface area contributed by atoms with Crippen LogP contribution in [0.2, 0.25) is 0 Å². The third-order valence-electron chi connectivity index (χ3n) is 4.03. The van der Waals surface area contributed by atoms with Crippen LogP contribution in [0.5, 0.6) is 0 Å². The van der Waals surface area contributed by atoms with Gasteiger partial charge in [-0.1, -0.05) is 29.3 Å². The van der Waals surface area contributed by atoms with Gasteiger partial charge in [-0.15, -0.1) is 0 Å². The fourth-order valence-corrected chi connectivity index (χ4v) is 3.48. The normalized spacial score (nSPS) is 32.1. The van der Waals surface area contributed by atoms with Crippen LogP contribution < -0.4 is 5.32 Å². The van der Waals surface area contributed by atoms with E-state index in [1.165, 1.54) is 38.5 Å². The first-order chi connectivity index (χ1) is 7.66. The molecule has 2 saturated carbocycles. The summed E-state index contributed by atoms with van der Waals surface area (Å²) in [4.78, 5) is 12.5. The predicted molar refractivity (Wildman–Crippen MR) is 69.6 cm³/mol. The summed E-state index contributed by atoms with van der Waals surface area (Å²) in [7, 11) is 0. The summed E-state index contributed by atoms with van der Waals surface area (Å²) < 4.78 is 0. The minimum Gasteiger partial charge on any atom is -0.356 e. The fraction of sp³-hybridized carbons (Fsp3) is 0.923. The second kappa shape index (κ2) is 5.52. The van der Waals surface area contributed by atoms with Gasteiger partial charge in [0.25, 0.3) is 0 Å². The molecule has 1 N–H and O–H groups in total. The summed E-state index contributed by atoms with van der Waals surface area (Å²) >= 11 is 3.69. The first-order valence-electron chi connectivity index (χ1n) is 6.58. The Morgan fingerprint density at radius 2 is 2.12 bits per heavy atom. The van der Waals surface area contributed by atoms with Crippen LogP contribution >= 0.6 is 15.9 Å². The predicted octanol–water partition coefficient (Wildman–Crippen LogP) is 3.10. The second-order valence-electron chi connectivity index (χ2n) is 5.50. The molecule has 16 heavy (non-hydrogen) atoms. The average Bonchev–Trinajstić information content (AvgIpc) is 3.09. The summed E-state index contributed by atoms with van der Waals surface area (Å²) in [6.07, 6.45) is 7.60. The van der Waals surface area contributed by atoms with Gasteiger partial charge in [-0.3, -0.25) is 4.79 Å². The van der Waals surface area contributed by atoms with E-state index in [9.17, 15) is 4.79 Å². The minimum absolute atomic E-state index is 0.239. The molecular weight excluding hydrogens is 266 g/mol. The van der Waals surface area contributed by atoms with Crippen LogP contribution in [0.4, 0.5) is 0 Å². The largest absolute Gasteiger partial charge is 0.356 e. The number of rotatable bonds is 4. The average molecular weight is 288 g/mol. The molecule has 0 aromatic carbocycles. The number of alkyl halides is 1. The molecule has 2 aliphatic carbocycles. The van der Waals surface area contributed by atoms with Crippen molar-refractivity contribution in [3.8, 4) is 0 Å². The summed E-state index contributed by atoms with van der Waals surface area (Å²) in [5, 5.41) is 3.13. The maximum absolute atomic E-state index is 11.8. The van der Waals surface area contributed by atoms with Crippen molar-refractivity contribution in [1.29, 1.82) is 0 Å². The Morgan fingerprint density at radius 1 is 1.38 bits per heavy atom. The Balaban J connectivity index is 1.67. The first kappa shape index (κ1) is 12.4. The molecule has 0 bridgehead atoms. The zero-order valence-corrected chi connectivity index (χ0v) is 11.6. The van der Waals surface area contributed by atoms with Crippen LogP contribution in [0.1, 0.15) is 45.4 Å². The zero-order valence-electron chi connectivity index (χ0n) is 10.0. The lowest BCUT2D eigenvalue weighted by Crippen LogP contribution is -2.35. The van der Waals surface area contributed by atoms with E-state index in [2.05, 4.69) is 28.2 Å². The maximum atomic E-state index is 11.8. The molecule has 0 spiro atoms. The molecule has 92 valence electrons. The Kier molecular flexibility index (Phi) is 4.28. The highest BCUT2D eigenvalue weighted by Crippen LogP contribution is 2.36. The van der Waals surface area contributed by atoms with Gasteiger partial charge in [0.05, 0.1) is 0 Å². The van der Waals surface area contributed by atoms with Gasteiger partial charge in [-0.25, -0.2) is 0 Å². The molecule has 2 nitrogen and oxygen atoms in total. The smallest absolute Gasteiger partial charge is 0.223 e. The van der Waals surface area contributed by atoms with E-state index in [1.807, 2.05) is 0 Å². The van der Waals surface area contributed by atoms with Gasteiger partial charge in [0.15, 0.2) is 0 Å². The number of halogens is 1. The van der Waals surface area contributed by atoms with E-state index >= 15 is 0 Å². The third-order valence-corrected chi connectivity index (χ3v) is 4.86. The molecule has 3 atom stereocenters. The summed E-state index contributed by atoms with van der Waals surface area (Å²) in [6.45, 7) is 2.96. The van der Waals surface area contributed by atoms with Crippen molar-refractivity contribution in [3.63, 3.8) is 0 Å². The van der Waals surface area contributed by atoms with Crippen molar-refractivity contribution in [3.05, 3.63) is 0 Å². The van der Waals surface area contributed by atoms with Gasteiger partial charge >= 0.3 is 0 Å². The van der Waals surface area contributed by atoms with Gasteiger partial charge < -0.3 is 5.32 Å². The molecule has 0 radical (unpaired) electrons. The molecule has 2 aliphatic rings. The highest BCUT2D eigenvalue weighted by molar-refractivity contribution is 9.09. The number of nitrogens with one attached hydrogen (secondary N) is 1. The van der Waals surface area contributed by atoms with Crippen molar-refractivity contribution >= 4 is 21.8 Å². The van der Waals surface area contributed by atoms with E-state index < -0.39 is 0 Å². The molecular formula is C13H22BrNO. The van der Waals surface area contributed by atoms with Crippen molar-refractivity contribution in [2.24, 2.45) is 17.8 Å². The second-order valence-corrected chi connectivity index (χ2v) is 6.80. The highest BCUT2D eigenvalue weighted by Gasteiger charge is 2.32. The third kappa shape index (κ3) is 3.47. The molecule has 3 heteroatoms. The number of carbonyl (C=O) groups excluding carboxylic acids is 1. The minimum atomic E-state index is 0.239. The van der Waals surface area contributed by atoms with E-state index in [1.54, 1.807) is 0 Å². The van der Waals surface area contributed by atoms with Crippen molar-refractivity contribution in [2.75, 3.05) is 6.54 Å². The Morgan fingerprint density at radius 3 is 2.75 bits per heavy atom. The summed E-state index contributed by atoms with van der Waals surface area (Å²) in [5.74, 6) is 1.88. The van der Waals surface area contributed by atoms with Gasteiger partial charge in [-0.2, -0.15) is 0 Å². The Labute approximate surface area is 107 Å². The Hall–Kier alpha value is -0.0500. The molecule has 0 aliphatic heterocycles. The standard InChI is InChI=1S/C13H22BrNO/c1-9(11-5-6-11)13(16)15-8-10-3-2-4-12(14)7-10/h9-12H,2-8H2,1H3,(H,15,16). The number of amides is 1. The van der Waals surface area contributed by atoms with E-state index in [0.717, 1.165) is 6.54 Å². The molecule has 2 fully saturated rings. The number of hydrogen-bond donors (Lipinski definition) is 1. The zero-order chi connectivity index (χ0) is 11.5. The van der Waals surface area contributed by atoms with Gasteiger partial charge in [0, 0.05) is 17.3 Å². The van der Waals surface area contributed by atoms with Crippen molar-refractivity contribution < 1.29 is 4.79 Å². The highest BCUT2D eigenvalue weighted by atomic mass is 79.9. The van der Waals surface area contributed by atoms with Crippen LogP contribution in [0.3, 0.4) is 0 Å².